The summed E-state index contributed by atoms with van der Waals surface area (Å²) < 4.78 is 11.3. The fourth-order valence-electron chi connectivity index (χ4n) is 2.40. The lowest BCUT2D eigenvalue weighted by molar-refractivity contribution is -0.124. The van der Waals surface area contributed by atoms with Gasteiger partial charge in [-0.2, -0.15) is 0 Å². The zero-order valence-corrected chi connectivity index (χ0v) is 17.1. The van der Waals surface area contributed by atoms with Crippen molar-refractivity contribution in [1.82, 2.24) is 15.5 Å². The van der Waals surface area contributed by atoms with Gasteiger partial charge in [-0.25, -0.2) is 0 Å². The summed E-state index contributed by atoms with van der Waals surface area (Å²) in [4.78, 5) is 14.1. The Morgan fingerprint density at radius 2 is 1.88 bits per heavy atom. The highest BCUT2D eigenvalue weighted by Gasteiger charge is 2.15. The van der Waals surface area contributed by atoms with Crippen molar-refractivity contribution in [3.05, 3.63) is 23.8 Å². The molecule has 1 rings (SSSR count). The summed E-state index contributed by atoms with van der Waals surface area (Å²) in [6.45, 7) is 11.1. The Labute approximate surface area is 158 Å². The maximum Gasteiger partial charge on any atom is 0.258 e. The first kappa shape index (κ1) is 22.3. The smallest absolute Gasteiger partial charge is 0.258 e. The van der Waals surface area contributed by atoms with Gasteiger partial charge in [0.25, 0.3) is 5.91 Å². The largest absolute Gasteiger partial charge is 0.490 e. The molecule has 0 saturated heterocycles. The van der Waals surface area contributed by atoms with E-state index in [1.54, 1.807) is 0 Å². The molecule has 1 amide bonds. The molecule has 0 radical (unpaired) electrons. The Morgan fingerprint density at radius 3 is 2.50 bits per heavy atom. The van der Waals surface area contributed by atoms with Gasteiger partial charge in [-0.3, -0.25) is 4.79 Å². The van der Waals surface area contributed by atoms with Crippen LogP contribution >= 0.6 is 0 Å². The Bertz CT molecular complexity index is 554. The van der Waals surface area contributed by atoms with Gasteiger partial charge in [-0.15, -0.1) is 0 Å². The maximum absolute atomic E-state index is 11.9. The summed E-state index contributed by atoms with van der Waals surface area (Å²) in [6, 6.07) is 5.84. The maximum atomic E-state index is 11.9. The number of nitrogens with one attached hydrogen (secondary N) is 2. The van der Waals surface area contributed by atoms with Crippen LogP contribution in [-0.4, -0.2) is 56.7 Å². The molecule has 6 nitrogen and oxygen atoms in total. The number of carbonyl (C=O) groups excluding carboxylic acids is 1. The Morgan fingerprint density at radius 1 is 1.15 bits per heavy atom. The standard InChI is InChI=1S/C20H35N3O3/c1-7-25-18-13-16(14-21-11-8-12-23(5)6)9-10-17(18)26-15-19(24)22-20(2,3)4/h9-10,13,21H,7-8,11-12,14-15H2,1-6H3,(H,22,24). The van der Waals surface area contributed by atoms with Crippen molar-refractivity contribution in [1.29, 1.82) is 0 Å². The van der Waals surface area contributed by atoms with Gasteiger partial charge in [-0.05, 0) is 79.0 Å². The van der Waals surface area contributed by atoms with Crippen LogP contribution in [0.3, 0.4) is 0 Å². The van der Waals surface area contributed by atoms with Crippen molar-refractivity contribution in [2.45, 2.75) is 46.2 Å². The summed E-state index contributed by atoms with van der Waals surface area (Å²) in [7, 11) is 4.16. The van der Waals surface area contributed by atoms with E-state index in [1.807, 2.05) is 45.9 Å². The van der Waals surface area contributed by atoms with Gasteiger partial charge < -0.3 is 25.0 Å². The molecule has 0 saturated carbocycles. The Hall–Kier alpha value is -1.79. The van der Waals surface area contributed by atoms with Crippen LogP contribution in [0.5, 0.6) is 11.5 Å². The lowest BCUT2D eigenvalue weighted by Crippen LogP contribution is -2.43. The van der Waals surface area contributed by atoms with Crippen LogP contribution in [-0.2, 0) is 11.3 Å². The molecule has 0 unspecified atom stereocenters. The summed E-state index contributed by atoms with van der Waals surface area (Å²) in [5, 5.41) is 6.32. The number of carbonyl (C=O) groups is 1. The second kappa shape index (κ2) is 11.0. The summed E-state index contributed by atoms with van der Waals surface area (Å²) >= 11 is 0. The molecule has 0 aromatic heterocycles. The van der Waals surface area contributed by atoms with E-state index in [-0.39, 0.29) is 18.1 Å². The summed E-state index contributed by atoms with van der Waals surface area (Å²) in [5.74, 6) is 1.11. The zero-order valence-electron chi connectivity index (χ0n) is 17.1. The fraction of sp³-hybridized carbons (Fsp3) is 0.650. The molecular weight excluding hydrogens is 330 g/mol. The minimum absolute atomic E-state index is 0.0283. The molecule has 0 spiro atoms. The molecule has 26 heavy (non-hydrogen) atoms. The van der Waals surface area contributed by atoms with E-state index in [0.717, 1.165) is 31.6 Å². The topological polar surface area (TPSA) is 62.8 Å². The predicted molar refractivity (Wildman–Crippen MR) is 106 cm³/mol. The first-order valence-electron chi connectivity index (χ1n) is 9.26. The molecule has 0 bridgehead atoms. The molecule has 0 aliphatic carbocycles. The van der Waals surface area contributed by atoms with Crippen molar-refractivity contribution < 1.29 is 14.3 Å². The van der Waals surface area contributed by atoms with Crippen LogP contribution in [0.15, 0.2) is 18.2 Å². The van der Waals surface area contributed by atoms with E-state index in [9.17, 15) is 4.79 Å². The van der Waals surface area contributed by atoms with E-state index in [0.29, 0.717) is 18.1 Å². The normalized spacial score (nSPS) is 11.5. The number of hydrogen-bond acceptors (Lipinski definition) is 5. The van der Waals surface area contributed by atoms with Gasteiger partial charge in [0.2, 0.25) is 0 Å². The minimum atomic E-state index is -0.273. The Kier molecular flexibility index (Phi) is 9.44. The number of amides is 1. The lowest BCUT2D eigenvalue weighted by Gasteiger charge is -2.21. The van der Waals surface area contributed by atoms with Crippen LogP contribution in [0, 0.1) is 0 Å². The SMILES string of the molecule is CCOc1cc(CNCCCN(C)C)ccc1OCC(=O)NC(C)(C)C. The van der Waals surface area contributed by atoms with Crippen LogP contribution in [0.4, 0.5) is 0 Å². The molecule has 148 valence electrons. The second-order valence-corrected chi connectivity index (χ2v) is 7.63. The van der Waals surface area contributed by atoms with Crippen LogP contribution < -0.4 is 20.1 Å². The second-order valence-electron chi connectivity index (χ2n) is 7.63. The highest BCUT2D eigenvalue weighted by Crippen LogP contribution is 2.28. The number of nitrogens with zero attached hydrogens (tertiary/aromatic N) is 1. The molecule has 0 aliphatic rings. The monoisotopic (exact) mass is 365 g/mol. The molecule has 6 heteroatoms. The van der Waals surface area contributed by atoms with Gasteiger partial charge in [0.1, 0.15) is 0 Å². The molecule has 0 atom stereocenters. The minimum Gasteiger partial charge on any atom is -0.490 e. The van der Waals surface area contributed by atoms with E-state index in [2.05, 4.69) is 29.6 Å². The van der Waals surface area contributed by atoms with E-state index >= 15 is 0 Å². The number of ether oxygens (including phenoxy) is 2. The van der Waals surface area contributed by atoms with E-state index in [4.69, 9.17) is 9.47 Å². The molecule has 0 heterocycles. The first-order chi connectivity index (χ1) is 12.2. The van der Waals surface area contributed by atoms with Crippen molar-refractivity contribution >= 4 is 5.91 Å². The van der Waals surface area contributed by atoms with E-state index < -0.39 is 0 Å². The summed E-state index contributed by atoms with van der Waals surface area (Å²) in [6.07, 6.45) is 1.11. The third kappa shape index (κ3) is 9.63. The molecule has 1 aromatic carbocycles. The van der Waals surface area contributed by atoms with Gasteiger partial charge in [0.15, 0.2) is 18.1 Å². The number of benzene rings is 1. The average molecular weight is 366 g/mol. The van der Waals surface area contributed by atoms with Gasteiger partial charge in [0.05, 0.1) is 6.61 Å². The van der Waals surface area contributed by atoms with Gasteiger partial charge in [-0.1, -0.05) is 6.07 Å². The zero-order chi connectivity index (χ0) is 19.6. The predicted octanol–water partition coefficient (Wildman–Crippen LogP) is 2.42. The third-order valence-corrected chi connectivity index (χ3v) is 3.47. The molecule has 1 aromatic rings. The highest BCUT2D eigenvalue weighted by molar-refractivity contribution is 5.78. The van der Waals surface area contributed by atoms with Crippen LogP contribution in [0.25, 0.3) is 0 Å². The van der Waals surface area contributed by atoms with Crippen molar-refractivity contribution in [2.24, 2.45) is 0 Å². The first-order valence-corrected chi connectivity index (χ1v) is 9.26. The fourth-order valence-corrected chi connectivity index (χ4v) is 2.40. The Balaban J connectivity index is 2.57. The van der Waals surface area contributed by atoms with Gasteiger partial charge >= 0.3 is 0 Å². The van der Waals surface area contributed by atoms with Crippen LogP contribution in [0.2, 0.25) is 0 Å². The molecule has 2 N–H and O–H groups in total. The van der Waals surface area contributed by atoms with Gasteiger partial charge in [0, 0.05) is 12.1 Å². The average Bonchev–Trinajstić information content (AvgIpc) is 2.52. The number of rotatable bonds is 11. The highest BCUT2D eigenvalue weighted by atomic mass is 16.5. The molecular formula is C20H35N3O3. The quantitative estimate of drug-likeness (QED) is 0.590. The number of hydrogen-bond donors (Lipinski definition) is 2. The van der Waals surface area contributed by atoms with Crippen molar-refractivity contribution in [3.8, 4) is 11.5 Å². The van der Waals surface area contributed by atoms with Crippen molar-refractivity contribution in [2.75, 3.05) is 40.4 Å². The third-order valence-electron chi connectivity index (χ3n) is 3.47. The molecule has 0 fully saturated rings. The van der Waals surface area contributed by atoms with Crippen LogP contribution in [0.1, 0.15) is 39.7 Å². The van der Waals surface area contributed by atoms with Crippen molar-refractivity contribution in [3.63, 3.8) is 0 Å². The molecule has 0 aliphatic heterocycles. The summed E-state index contributed by atoms with van der Waals surface area (Å²) in [5.41, 5.74) is 0.857. The van der Waals surface area contributed by atoms with E-state index in [1.165, 1.54) is 0 Å². The lowest BCUT2D eigenvalue weighted by atomic mass is 10.1.